The number of rotatable bonds is 6. The highest BCUT2D eigenvalue weighted by Crippen LogP contribution is 2.14. The number of imidazole rings is 1. The summed E-state index contributed by atoms with van der Waals surface area (Å²) in [7, 11) is 0. The Kier molecular flexibility index (Phi) is 4.93. The van der Waals surface area contributed by atoms with Crippen molar-refractivity contribution < 1.29 is 4.79 Å². The second kappa shape index (κ2) is 6.68. The van der Waals surface area contributed by atoms with Crippen LogP contribution >= 0.6 is 0 Å². The Balaban J connectivity index is 1.77. The Bertz CT molecular complexity index is 417. The number of hydrogen-bond acceptors (Lipinski definition) is 4. The van der Waals surface area contributed by atoms with Crippen molar-refractivity contribution in [1.29, 1.82) is 0 Å². The minimum Gasteiger partial charge on any atom is -0.350 e. The van der Waals surface area contributed by atoms with Gasteiger partial charge in [0.2, 0.25) is 0 Å². The van der Waals surface area contributed by atoms with E-state index in [4.69, 9.17) is 5.73 Å². The topological polar surface area (TPSA) is 76.2 Å². The molecular weight excluding hydrogens is 242 g/mol. The molecule has 1 amide bonds. The van der Waals surface area contributed by atoms with E-state index in [-0.39, 0.29) is 5.91 Å². The molecule has 2 heterocycles. The van der Waals surface area contributed by atoms with Gasteiger partial charge in [-0.25, -0.2) is 4.98 Å². The third-order valence-corrected chi connectivity index (χ3v) is 3.62. The molecule has 1 fully saturated rings. The van der Waals surface area contributed by atoms with Gasteiger partial charge in [0, 0.05) is 32.4 Å². The van der Waals surface area contributed by atoms with E-state index in [1.54, 1.807) is 12.5 Å². The van der Waals surface area contributed by atoms with Gasteiger partial charge in [0.05, 0.1) is 6.33 Å². The first-order valence-electron chi connectivity index (χ1n) is 6.95. The van der Waals surface area contributed by atoms with Crippen LogP contribution in [0, 0.1) is 5.92 Å². The largest absolute Gasteiger partial charge is 0.350 e. The van der Waals surface area contributed by atoms with E-state index in [0.29, 0.717) is 24.7 Å². The van der Waals surface area contributed by atoms with Gasteiger partial charge in [-0.05, 0) is 25.4 Å². The van der Waals surface area contributed by atoms with Gasteiger partial charge in [0.1, 0.15) is 5.69 Å². The van der Waals surface area contributed by atoms with Crippen LogP contribution < -0.4 is 11.1 Å². The molecule has 0 aliphatic carbocycles. The van der Waals surface area contributed by atoms with Crippen LogP contribution in [0.3, 0.4) is 0 Å². The van der Waals surface area contributed by atoms with Crippen LogP contribution in [0.2, 0.25) is 0 Å². The van der Waals surface area contributed by atoms with Crippen LogP contribution in [0.15, 0.2) is 12.5 Å². The molecule has 1 unspecified atom stereocenters. The molecule has 1 aromatic heterocycles. The Hall–Kier alpha value is -1.40. The third kappa shape index (κ3) is 3.78. The second-order valence-electron chi connectivity index (χ2n) is 5.04. The molecule has 3 N–H and O–H groups in total. The molecule has 1 atom stereocenters. The van der Waals surface area contributed by atoms with Crippen LogP contribution in [0.4, 0.5) is 0 Å². The standard InChI is InChI=1S/C13H23N5O/c1-2-17-5-3-11(8-17)7-15-13(19)12-9-18(6-4-14)10-16-12/h9-11H,2-8,14H2,1H3,(H,15,19). The normalized spacial score (nSPS) is 19.8. The lowest BCUT2D eigenvalue weighted by molar-refractivity contribution is 0.0943. The number of nitrogens with one attached hydrogen (secondary N) is 1. The first-order chi connectivity index (χ1) is 9.22. The molecular formula is C13H23N5O. The fraction of sp³-hybridized carbons (Fsp3) is 0.692. The number of nitrogens with two attached hydrogens (primary N) is 1. The van der Waals surface area contributed by atoms with Gasteiger partial charge in [-0.2, -0.15) is 0 Å². The molecule has 0 saturated carbocycles. The van der Waals surface area contributed by atoms with Gasteiger partial charge in [0.25, 0.3) is 5.91 Å². The van der Waals surface area contributed by atoms with Crippen LogP contribution in [-0.2, 0) is 6.54 Å². The lowest BCUT2D eigenvalue weighted by atomic mass is 10.1. The van der Waals surface area contributed by atoms with E-state index in [2.05, 4.69) is 22.1 Å². The molecule has 1 aliphatic rings. The number of amides is 1. The highest BCUT2D eigenvalue weighted by Gasteiger charge is 2.21. The first kappa shape index (κ1) is 14.0. The molecule has 6 heteroatoms. The maximum Gasteiger partial charge on any atom is 0.271 e. The van der Waals surface area contributed by atoms with Crippen LogP contribution in [-0.4, -0.2) is 53.1 Å². The van der Waals surface area contributed by atoms with Crippen LogP contribution in [0.25, 0.3) is 0 Å². The molecule has 6 nitrogen and oxygen atoms in total. The molecule has 19 heavy (non-hydrogen) atoms. The maximum atomic E-state index is 11.9. The summed E-state index contributed by atoms with van der Waals surface area (Å²) >= 11 is 0. The van der Waals surface area contributed by atoms with E-state index in [9.17, 15) is 4.79 Å². The van der Waals surface area contributed by atoms with E-state index in [1.807, 2.05) is 4.57 Å². The molecule has 0 spiro atoms. The number of carbonyl (C=O) groups excluding carboxylic acids is 1. The summed E-state index contributed by atoms with van der Waals surface area (Å²) < 4.78 is 1.84. The van der Waals surface area contributed by atoms with Crippen LogP contribution in [0.5, 0.6) is 0 Å². The zero-order valence-electron chi connectivity index (χ0n) is 11.5. The van der Waals surface area contributed by atoms with Crippen molar-refractivity contribution in [3.05, 3.63) is 18.2 Å². The Morgan fingerprint density at radius 1 is 1.63 bits per heavy atom. The Morgan fingerprint density at radius 2 is 2.47 bits per heavy atom. The van der Waals surface area contributed by atoms with Crippen molar-refractivity contribution in [1.82, 2.24) is 19.8 Å². The highest BCUT2D eigenvalue weighted by atomic mass is 16.1. The highest BCUT2D eigenvalue weighted by molar-refractivity contribution is 5.91. The number of nitrogens with zero attached hydrogens (tertiary/aromatic N) is 3. The summed E-state index contributed by atoms with van der Waals surface area (Å²) in [4.78, 5) is 18.4. The predicted octanol–water partition coefficient (Wildman–Crippen LogP) is -0.0866. The minimum atomic E-state index is -0.0919. The van der Waals surface area contributed by atoms with E-state index >= 15 is 0 Å². The SMILES string of the molecule is CCN1CCC(CNC(=O)c2cn(CCN)cn2)C1. The van der Waals surface area contributed by atoms with E-state index < -0.39 is 0 Å². The lowest BCUT2D eigenvalue weighted by Gasteiger charge is -2.13. The van der Waals surface area contributed by atoms with Crippen molar-refractivity contribution >= 4 is 5.91 Å². The van der Waals surface area contributed by atoms with E-state index in [1.165, 1.54) is 0 Å². The summed E-state index contributed by atoms with van der Waals surface area (Å²) in [5.74, 6) is 0.473. The average molecular weight is 265 g/mol. The van der Waals surface area contributed by atoms with Crippen molar-refractivity contribution in [2.45, 2.75) is 19.9 Å². The molecule has 1 saturated heterocycles. The summed E-state index contributed by atoms with van der Waals surface area (Å²) in [6.45, 7) is 7.46. The zero-order valence-corrected chi connectivity index (χ0v) is 11.5. The molecule has 1 aliphatic heterocycles. The molecule has 0 aromatic carbocycles. The van der Waals surface area contributed by atoms with Crippen molar-refractivity contribution in [2.75, 3.05) is 32.7 Å². The van der Waals surface area contributed by atoms with Gasteiger partial charge in [-0.3, -0.25) is 4.79 Å². The number of aromatic nitrogens is 2. The van der Waals surface area contributed by atoms with Gasteiger partial charge in [0.15, 0.2) is 0 Å². The maximum absolute atomic E-state index is 11.9. The molecule has 0 radical (unpaired) electrons. The quantitative estimate of drug-likeness (QED) is 0.754. The Labute approximate surface area is 114 Å². The summed E-state index contributed by atoms with van der Waals surface area (Å²) in [5.41, 5.74) is 5.93. The number of carbonyl (C=O) groups is 1. The molecule has 1 aromatic rings. The molecule has 106 valence electrons. The average Bonchev–Trinajstić information content (AvgIpc) is 3.05. The predicted molar refractivity (Wildman–Crippen MR) is 73.8 cm³/mol. The second-order valence-corrected chi connectivity index (χ2v) is 5.04. The van der Waals surface area contributed by atoms with E-state index in [0.717, 1.165) is 32.6 Å². The Morgan fingerprint density at radius 3 is 3.16 bits per heavy atom. The fourth-order valence-electron chi connectivity index (χ4n) is 2.44. The van der Waals surface area contributed by atoms with Gasteiger partial charge in [-0.15, -0.1) is 0 Å². The lowest BCUT2D eigenvalue weighted by Crippen LogP contribution is -2.31. The van der Waals surface area contributed by atoms with Gasteiger partial charge < -0.3 is 20.5 Å². The fourth-order valence-corrected chi connectivity index (χ4v) is 2.44. The summed E-state index contributed by atoms with van der Waals surface area (Å²) in [6, 6.07) is 0. The van der Waals surface area contributed by atoms with Crippen molar-refractivity contribution in [2.24, 2.45) is 11.7 Å². The monoisotopic (exact) mass is 265 g/mol. The molecule has 0 bridgehead atoms. The third-order valence-electron chi connectivity index (χ3n) is 3.62. The first-order valence-corrected chi connectivity index (χ1v) is 6.95. The smallest absolute Gasteiger partial charge is 0.271 e. The summed E-state index contributed by atoms with van der Waals surface area (Å²) in [5, 5.41) is 2.97. The number of likely N-dealkylation sites (tertiary alicyclic amines) is 1. The van der Waals surface area contributed by atoms with Crippen molar-refractivity contribution in [3.63, 3.8) is 0 Å². The van der Waals surface area contributed by atoms with Crippen LogP contribution in [0.1, 0.15) is 23.8 Å². The zero-order chi connectivity index (χ0) is 13.7. The molecule has 2 rings (SSSR count). The van der Waals surface area contributed by atoms with Gasteiger partial charge >= 0.3 is 0 Å². The summed E-state index contributed by atoms with van der Waals surface area (Å²) in [6.07, 6.45) is 4.56. The number of hydrogen-bond donors (Lipinski definition) is 2. The van der Waals surface area contributed by atoms with Gasteiger partial charge in [-0.1, -0.05) is 6.92 Å². The van der Waals surface area contributed by atoms with Crippen molar-refractivity contribution in [3.8, 4) is 0 Å². The minimum absolute atomic E-state index is 0.0919.